The number of ether oxygens (including phenoxy) is 1. The number of hydrogen-bond donors (Lipinski definition) is 0. The van der Waals surface area contributed by atoms with Crippen molar-refractivity contribution in [1.82, 2.24) is 9.80 Å². The van der Waals surface area contributed by atoms with Crippen molar-refractivity contribution in [2.45, 2.75) is 33.2 Å². The van der Waals surface area contributed by atoms with Crippen LogP contribution in [0.25, 0.3) is 11.0 Å². The molecule has 1 aliphatic heterocycles. The van der Waals surface area contributed by atoms with Gasteiger partial charge in [-0.25, -0.2) is 0 Å². The zero-order valence-corrected chi connectivity index (χ0v) is 19.0. The Kier molecular flexibility index (Phi) is 6.61. The van der Waals surface area contributed by atoms with E-state index in [0.717, 1.165) is 37.4 Å². The summed E-state index contributed by atoms with van der Waals surface area (Å²) >= 11 is 0. The Labute approximate surface area is 188 Å². The molecular weight excluding hydrogens is 404 g/mol. The molecule has 1 atom stereocenters. The molecule has 0 fully saturated rings. The molecule has 0 spiro atoms. The summed E-state index contributed by atoms with van der Waals surface area (Å²) in [7, 11) is 0. The third kappa shape index (κ3) is 4.02. The van der Waals surface area contributed by atoms with Gasteiger partial charge in [0.25, 0.3) is 5.91 Å². The fourth-order valence-corrected chi connectivity index (χ4v) is 4.49. The van der Waals surface area contributed by atoms with Crippen LogP contribution in [0.4, 0.5) is 0 Å². The average molecular weight is 435 g/mol. The Balaban J connectivity index is 1.79. The largest absolute Gasteiger partial charge is 0.494 e. The minimum Gasteiger partial charge on any atom is -0.494 e. The number of carbonyl (C=O) groups is 1. The Morgan fingerprint density at radius 1 is 1.03 bits per heavy atom. The van der Waals surface area contributed by atoms with Gasteiger partial charge < -0.3 is 19.0 Å². The predicted molar refractivity (Wildman–Crippen MR) is 125 cm³/mol. The van der Waals surface area contributed by atoms with Crippen molar-refractivity contribution in [3.63, 3.8) is 0 Å². The van der Waals surface area contributed by atoms with Crippen LogP contribution in [0.3, 0.4) is 0 Å². The van der Waals surface area contributed by atoms with Crippen LogP contribution >= 0.6 is 0 Å². The summed E-state index contributed by atoms with van der Waals surface area (Å²) in [6.45, 7) is 10.1. The fraction of sp³-hybridized carbons (Fsp3) is 0.385. The van der Waals surface area contributed by atoms with Crippen molar-refractivity contribution in [2.24, 2.45) is 0 Å². The van der Waals surface area contributed by atoms with E-state index in [1.807, 2.05) is 43.3 Å². The minimum absolute atomic E-state index is 0.145. The highest BCUT2D eigenvalue weighted by molar-refractivity contribution is 5.99. The third-order valence-corrected chi connectivity index (χ3v) is 6.13. The highest BCUT2D eigenvalue weighted by Gasteiger charge is 2.42. The number of carbonyl (C=O) groups excluding carboxylic acids is 1. The predicted octanol–water partition coefficient (Wildman–Crippen LogP) is 4.47. The quantitative estimate of drug-likeness (QED) is 0.497. The van der Waals surface area contributed by atoms with Crippen molar-refractivity contribution in [2.75, 3.05) is 32.8 Å². The van der Waals surface area contributed by atoms with E-state index in [9.17, 15) is 9.59 Å². The maximum Gasteiger partial charge on any atom is 0.290 e. The molecule has 0 bridgehead atoms. The van der Waals surface area contributed by atoms with Gasteiger partial charge in [-0.3, -0.25) is 9.59 Å². The van der Waals surface area contributed by atoms with Crippen LogP contribution < -0.4 is 10.2 Å². The molecule has 3 aromatic rings. The van der Waals surface area contributed by atoms with Gasteiger partial charge in [-0.1, -0.05) is 38.1 Å². The van der Waals surface area contributed by atoms with Crippen LogP contribution in [0.15, 0.2) is 57.7 Å². The van der Waals surface area contributed by atoms with Crippen molar-refractivity contribution in [3.05, 3.63) is 75.6 Å². The molecule has 1 unspecified atom stereocenters. The van der Waals surface area contributed by atoms with Gasteiger partial charge in [0, 0.05) is 6.54 Å². The topological polar surface area (TPSA) is 63.0 Å². The molecule has 1 aromatic heterocycles. The number of para-hydroxylation sites is 1. The smallest absolute Gasteiger partial charge is 0.290 e. The molecule has 168 valence electrons. The number of rotatable bonds is 9. The van der Waals surface area contributed by atoms with E-state index >= 15 is 0 Å². The number of amides is 1. The number of fused-ring (bicyclic) bond motifs is 2. The second-order valence-electron chi connectivity index (χ2n) is 7.96. The summed E-state index contributed by atoms with van der Waals surface area (Å²) in [5.41, 5.74) is 1.57. The molecule has 0 saturated carbocycles. The van der Waals surface area contributed by atoms with Crippen LogP contribution in [0.1, 0.15) is 54.9 Å². The molecule has 6 heteroatoms. The SMILES string of the molecule is CCOc1cccc(C2c3c(oc4ccccc4c3=O)C(=O)N2CCCN(CC)CC)c1. The maximum atomic E-state index is 13.5. The van der Waals surface area contributed by atoms with Gasteiger partial charge in [-0.15, -0.1) is 0 Å². The molecule has 32 heavy (non-hydrogen) atoms. The normalized spacial score (nSPS) is 15.6. The van der Waals surface area contributed by atoms with Gasteiger partial charge in [0.1, 0.15) is 11.3 Å². The number of benzene rings is 2. The Bertz CT molecular complexity index is 1170. The molecule has 0 aliphatic carbocycles. The molecule has 0 saturated heterocycles. The first-order chi connectivity index (χ1) is 15.6. The summed E-state index contributed by atoms with van der Waals surface area (Å²) in [5.74, 6) is 0.650. The number of nitrogens with zero attached hydrogens (tertiary/aromatic N) is 2. The zero-order chi connectivity index (χ0) is 22.7. The molecular formula is C26H30N2O4. The van der Waals surface area contributed by atoms with Crippen molar-refractivity contribution < 1.29 is 13.9 Å². The first-order valence-corrected chi connectivity index (χ1v) is 11.4. The Morgan fingerprint density at radius 2 is 1.81 bits per heavy atom. The lowest BCUT2D eigenvalue weighted by Gasteiger charge is -2.27. The van der Waals surface area contributed by atoms with Crippen LogP contribution in [0, 0.1) is 0 Å². The first-order valence-electron chi connectivity index (χ1n) is 11.4. The Morgan fingerprint density at radius 3 is 2.56 bits per heavy atom. The molecule has 2 aromatic carbocycles. The lowest BCUT2D eigenvalue weighted by molar-refractivity contribution is 0.0720. The van der Waals surface area contributed by atoms with E-state index in [-0.39, 0.29) is 17.1 Å². The van der Waals surface area contributed by atoms with E-state index in [1.165, 1.54) is 0 Å². The van der Waals surface area contributed by atoms with Gasteiger partial charge in [0.15, 0.2) is 5.43 Å². The molecule has 0 N–H and O–H groups in total. The van der Waals surface area contributed by atoms with Gasteiger partial charge >= 0.3 is 0 Å². The molecule has 4 rings (SSSR count). The van der Waals surface area contributed by atoms with E-state index in [2.05, 4.69) is 18.7 Å². The monoisotopic (exact) mass is 434 g/mol. The van der Waals surface area contributed by atoms with E-state index in [4.69, 9.17) is 9.15 Å². The zero-order valence-electron chi connectivity index (χ0n) is 19.0. The third-order valence-electron chi connectivity index (χ3n) is 6.13. The van der Waals surface area contributed by atoms with Gasteiger partial charge in [-0.05, 0) is 62.8 Å². The molecule has 6 nitrogen and oxygen atoms in total. The van der Waals surface area contributed by atoms with Crippen LogP contribution in [-0.4, -0.2) is 48.5 Å². The van der Waals surface area contributed by atoms with Crippen molar-refractivity contribution in [1.29, 1.82) is 0 Å². The summed E-state index contributed by atoms with van der Waals surface area (Å²) in [5, 5.41) is 0.495. The van der Waals surface area contributed by atoms with Crippen LogP contribution in [0.5, 0.6) is 5.75 Å². The summed E-state index contributed by atoms with van der Waals surface area (Å²) in [6, 6.07) is 14.3. The highest BCUT2D eigenvalue weighted by atomic mass is 16.5. The van der Waals surface area contributed by atoms with E-state index in [1.54, 1.807) is 17.0 Å². The van der Waals surface area contributed by atoms with E-state index < -0.39 is 6.04 Å². The first kappa shape index (κ1) is 22.1. The molecule has 0 radical (unpaired) electrons. The average Bonchev–Trinajstić information content (AvgIpc) is 3.09. The Hall–Kier alpha value is -3.12. The number of hydrogen-bond acceptors (Lipinski definition) is 5. The summed E-state index contributed by atoms with van der Waals surface area (Å²) in [6.07, 6.45) is 0.816. The maximum absolute atomic E-state index is 13.5. The molecule has 1 aliphatic rings. The van der Waals surface area contributed by atoms with Crippen LogP contribution in [-0.2, 0) is 0 Å². The van der Waals surface area contributed by atoms with Crippen LogP contribution in [0.2, 0.25) is 0 Å². The standard InChI is InChI=1S/C26H30N2O4/c1-4-27(5-2)15-10-16-28-23(18-11-9-12-19(17-18)31-6-3)22-24(29)20-13-7-8-14-21(20)32-25(22)26(28)30/h7-9,11-14,17,23H,4-6,10,15-16H2,1-3H3. The summed E-state index contributed by atoms with van der Waals surface area (Å²) < 4.78 is 11.7. The second-order valence-corrected chi connectivity index (χ2v) is 7.96. The van der Waals surface area contributed by atoms with Gasteiger partial charge in [0.05, 0.1) is 23.6 Å². The van der Waals surface area contributed by atoms with E-state index in [0.29, 0.717) is 29.7 Å². The fourth-order valence-electron chi connectivity index (χ4n) is 4.49. The van der Waals surface area contributed by atoms with Crippen molar-refractivity contribution >= 4 is 16.9 Å². The minimum atomic E-state index is -0.490. The second kappa shape index (κ2) is 9.57. The summed E-state index contributed by atoms with van der Waals surface area (Å²) in [4.78, 5) is 31.1. The van der Waals surface area contributed by atoms with Gasteiger partial charge in [-0.2, -0.15) is 0 Å². The van der Waals surface area contributed by atoms with Gasteiger partial charge in [0.2, 0.25) is 5.76 Å². The lowest BCUT2D eigenvalue weighted by Crippen LogP contribution is -2.33. The molecule has 1 amide bonds. The van der Waals surface area contributed by atoms with Crippen molar-refractivity contribution in [3.8, 4) is 5.75 Å². The lowest BCUT2D eigenvalue weighted by atomic mass is 9.98. The molecule has 2 heterocycles. The highest BCUT2D eigenvalue weighted by Crippen LogP contribution is 2.39.